The first-order valence-electron chi connectivity index (χ1n) is 6.96. The van der Waals surface area contributed by atoms with E-state index in [0.29, 0.717) is 39.4 Å². The van der Waals surface area contributed by atoms with Crippen LogP contribution in [-0.2, 0) is 14.3 Å². The van der Waals surface area contributed by atoms with Crippen LogP contribution in [0.5, 0.6) is 0 Å². The average molecular weight is 272 g/mol. The van der Waals surface area contributed by atoms with E-state index in [1.54, 1.807) is 11.8 Å². The first-order chi connectivity index (χ1) is 9.13. The zero-order chi connectivity index (χ0) is 14.3. The van der Waals surface area contributed by atoms with Crippen molar-refractivity contribution in [3.8, 4) is 0 Å². The summed E-state index contributed by atoms with van der Waals surface area (Å²) in [5.74, 6) is -0.172. The van der Waals surface area contributed by atoms with Crippen LogP contribution in [0.4, 0.5) is 4.79 Å². The highest BCUT2D eigenvalue weighted by Gasteiger charge is 2.30. The number of carbonyl (C=O) groups is 2. The molecule has 0 bridgehead atoms. The first kappa shape index (κ1) is 15.8. The van der Waals surface area contributed by atoms with Crippen LogP contribution in [0, 0.1) is 0 Å². The smallest absolute Gasteiger partial charge is 0.409 e. The van der Waals surface area contributed by atoms with Crippen molar-refractivity contribution in [2.24, 2.45) is 0 Å². The topological polar surface area (TPSA) is 59.1 Å². The van der Waals surface area contributed by atoms with E-state index in [4.69, 9.17) is 9.47 Å². The summed E-state index contributed by atoms with van der Waals surface area (Å²) in [6.45, 7) is 8.90. The molecule has 0 aromatic rings. The van der Waals surface area contributed by atoms with Gasteiger partial charge in [-0.25, -0.2) is 4.79 Å². The molecule has 6 nitrogen and oxygen atoms in total. The van der Waals surface area contributed by atoms with Crippen LogP contribution in [0.15, 0.2) is 0 Å². The molecule has 19 heavy (non-hydrogen) atoms. The summed E-state index contributed by atoms with van der Waals surface area (Å²) < 4.78 is 10.0. The molecule has 0 aromatic heterocycles. The van der Waals surface area contributed by atoms with Gasteiger partial charge in [0.25, 0.3) is 0 Å². The number of piperazine rings is 1. The van der Waals surface area contributed by atoms with Crippen LogP contribution in [0.25, 0.3) is 0 Å². The highest BCUT2D eigenvalue weighted by atomic mass is 16.6. The Balaban J connectivity index is 2.47. The minimum atomic E-state index is -0.272. The zero-order valence-electron chi connectivity index (χ0n) is 12.1. The molecule has 110 valence electrons. The summed E-state index contributed by atoms with van der Waals surface area (Å²) in [5, 5.41) is 0. The Morgan fingerprint density at radius 2 is 1.58 bits per heavy atom. The molecule has 1 aliphatic heterocycles. The Morgan fingerprint density at radius 3 is 2.05 bits per heavy atom. The Bertz CT molecular complexity index is 301. The number of amides is 1. The minimum absolute atomic E-state index is 0.172. The summed E-state index contributed by atoms with van der Waals surface area (Å²) in [6, 6.07) is -0.204. The summed E-state index contributed by atoms with van der Waals surface area (Å²) in [4.78, 5) is 27.2. The van der Waals surface area contributed by atoms with Crippen molar-refractivity contribution < 1.29 is 19.1 Å². The molecule has 0 radical (unpaired) electrons. The van der Waals surface area contributed by atoms with Gasteiger partial charge >= 0.3 is 12.1 Å². The Hall–Kier alpha value is -1.30. The number of hydrogen-bond acceptors (Lipinski definition) is 5. The molecule has 0 spiro atoms. The molecular formula is C13H24N2O4. The van der Waals surface area contributed by atoms with Gasteiger partial charge in [0.15, 0.2) is 0 Å². The number of nitrogens with zero attached hydrogens (tertiary/aromatic N) is 2. The Kier molecular flexibility index (Phi) is 6.62. The van der Waals surface area contributed by atoms with Crippen molar-refractivity contribution in [2.75, 3.05) is 39.4 Å². The summed E-state index contributed by atoms with van der Waals surface area (Å²) in [6.07, 6.45) is 0.449. The number of esters is 1. The quantitative estimate of drug-likeness (QED) is 0.701. The van der Waals surface area contributed by atoms with Gasteiger partial charge in [0.2, 0.25) is 0 Å². The van der Waals surface area contributed by atoms with Crippen LogP contribution in [0.3, 0.4) is 0 Å². The molecule has 0 aromatic carbocycles. The summed E-state index contributed by atoms with van der Waals surface area (Å²) >= 11 is 0. The molecular weight excluding hydrogens is 248 g/mol. The van der Waals surface area contributed by atoms with Crippen LogP contribution >= 0.6 is 0 Å². The normalized spacial score (nSPS) is 17.9. The number of ether oxygens (including phenoxy) is 2. The summed E-state index contributed by atoms with van der Waals surface area (Å²) in [5.41, 5.74) is 0. The molecule has 1 rings (SSSR count). The lowest BCUT2D eigenvalue weighted by Gasteiger charge is -2.37. The maximum Gasteiger partial charge on any atom is 0.409 e. The molecule has 1 unspecified atom stereocenters. The fourth-order valence-corrected chi connectivity index (χ4v) is 2.24. The SMILES string of the molecule is CCOC(=O)C(CC)N1CCN(C(=O)OCC)CC1. The van der Waals surface area contributed by atoms with Gasteiger partial charge in [-0.1, -0.05) is 6.92 Å². The number of hydrogen-bond donors (Lipinski definition) is 0. The Labute approximate surface area is 114 Å². The maximum absolute atomic E-state index is 11.8. The minimum Gasteiger partial charge on any atom is -0.465 e. The van der Waals surface area contributed by atoms with E-state index in [1.165, 1.54) is 0 Å². The van der Waals surface area contributed by atoms with Crippen LogP contribution in [-0.4, -0.2) is 67.3 Å². The molecule has 1 fully saturated rings. The van der Waals surface area contributed by atoms with Gasteiger partial charge in [-0.05, 0) is 20.3 Å². The molecule has 1 saturated heterocycles. The van der Waals surface area contributed by atoms with Crippen molar-refractivity contribution in [3.63, 3.8) is 0 Å². The van der Waals surface area contributed by atoms with Crippen molar-refractivity contribution in [3.05, 3.63) is 0 Å². The lowest BCUT2D eigenvalue weighted by atomic mass is 10.1. The molecule has 0 N–H and O–H groups in total. The predicted octanol–water partition coefficient (Wildman–Crippen LogP) is 1.10. The third-order valence-electron chi connectivity index (χ3n) is 3.23. The van der Waals surface area contributed by atoms with Gasteiger partial charge in [-0.2, -0.15) is 0 Å². The van der Waals surface area contributed by atoms with Crippen molar-refractivity contribution in [1.29, 1.82) is 0 Å². The molecule has 0 aliphatic carbocycles. The van der Waals surface area contributed by atoms with Crippen LogP contribution in [0.1, 0.15) is 27.2 Å². The Morgan fingerprint density at radius 1 is 1.00 bits per heavy atom. The molecule has 1 amide bonds. The van der Waals surface area contributed by atoms with E-state index in [2.05, 4.69) is 4.90 Å². The number of carbonyl (C=O) groups excluding carboxylic acids is 2. The van der Waals surface area contributed by atoms with E-state index in [-0.39, 0.29) is 18.1 Å². The maximum atomic E-state index is 11.8. The monoisotopic (exact) mass is 272 g/mol. The second-order valence-electron chi connectivity index (χ2n) is 4.40. The highest BCUT2D eigenvalue weighted by molar-refractivity contribution is 5.75. The van der Waals surface area contributed by atoms with Crippen LogP contribution < -0.4 is 0 Å². The van der Waals surface area contributed by atoms with Gasteiger partial charge in [0.1, 0.15) is 6.04 Å². The van der Waals surface area contributed by atoms with Gasteiger partial charge < -0.3 is 14.4 Å². The van der Waals surface area contributed by atoms with Gasteiger partial charge in [0, 0.05) is 26.2 Å². The van der Waals surface area contributed by atoms with E-state index >= 15 is 0 Å². The fraction of sp³-hybridized carbons (Fsp3) is 0.846. The fourth-order valence-electron chi connectivity index (χ4n) is 2.24. The molecule has 6 heteroatoms. The van der Waals surface area contributed by atoms with Crippen molar-refractivity contribution in [2.45, 2.75) is 33.2 Å². The van der Waals surface area contributed by atoms with E-state index < -0.39 is 0 Å². The standard InChI is InChI=1S/C13H24N2O4/c1-4-11(12(16)18-5-2)14-7-9-15(10-8-14)13(17)19-6-3/h11H,4-10H2,1-3H3. The van der Waals surface area contributed by atoms with Gasteiger partial charge in [0.05, 0.1) is 13.2 Å². The molecule has 1 heterocycles. The van der Waals surface area contributed by atoms with Gasteiger partial charge in [-0.3, -0.25) is 9.69 Å². The van der Waals surface area contributed by atoms with Crippen molar-refractivity contribution in [1.82, 2.24) is 9.80 Å². The second-order valence-corrected chi connectivity index (χ2v) is 4.40. The molecule has 0 saturated carbocycles. The average Bonchev–Trinajstić information content (AvgIpc) is 2.41. The first-order valence-corrected chi connectivity index (χ1v) is 6.96. The van der Waals surface area contributed by atoms with E-state index in [0.717, 1.165) is 6.42 Å². The lowest BCUT2D eigenvalue weighted by molar-refractivity contribution is -0.150. The second kappa shape index (κ2) is 7.99. The highest BCUT2D eigenvalue weighted by Crippen LogP contribution is 2.11. The third-order valence-corrected chi connectivity index (χ3v) is 3.23. The molecule has 1 aliphatic rings. The van der Waals surface area contributed by atoms with E-state index in [1.807, 2.05) is 13.8 Å². The lowest BCUT2D eigenvalue weighted by Crippen LogP contribution is -2.54. The molecule has 1 atom stereocenters. The predicted molar refractivity (Wildman–Crippen MR) is 70.9 cm³/mol. The zero-order valence-corrected chi connectivity index (χ0v) is 12.1. The third kappa shape index (κ3) is 4.38. The van der Waals surface area contributed by atoms with E-state index in [9.17, 15) is 9.59 Å². The summed E-state index contributed by atoms with van der Waals surface area (Å²) in [7, 11) is 0. The van der Waals surface area contributed by atoms with Gasteiger partial charge in [-0.15, -0.1) is 0 Å². The van der Waals surface area contributed by atoms with Crippen LogP contribution in [0.2, 0.25) is 0 Å². The van der Waals surface area contributed by atoms with Crippen molar-refractivity contribution >= 4 is 12.1 Å². The number of rotatable bonds is 5. The largest absolute Gasteiger partial charge is 0.465 e.